The zero-order valence-corrected chi connectivity index (χ0v) is 11.5. The number of amides is 1. The summed E-state index contributed by atoms with van der Waals surface area (Å²) >= 11 is 0. The molecule has 1 atom stereocenters. The van der Waals surface area contributed by atoms with Gasteiger partial charge in [-0.3, -0.25) is 4.79 Å². The average molecular weight is 289 g/mol. The van der Waals surface area contributed by atoms with Crippen LogP contribution in [-0.4, -0.2) is 18.0 Å². The van der Waals surface area contributed by atoms with Gasteiger partial charge >= 0.3 is 6.18 Å². The summed E-state index contributed by atoms with van der Waals surface area (Å²) < 4.78 is 37.5. The third kappa shape index (κ3) is 4.32. The lowest BCUT2D eigenvalue weighted by Crippen LogP contribution is -2.41. The molecule has 0 saturated heterocycles. The highest BCUT2D eigenvalue weighted by molar-refractivity contribution is 5.85. The lowest BCUT2D eigenvalue weighted by Gasteiger charge is -2.19. The molecule has 7 heteroatoms. The molecule has 0 saturated carbocycles. The number of carbonyl (C=O) groups is 1. The Morgan fingerprint density at radius 1 is 1.25 bits per heavy atom. The van der Waals surface area contributed by atoms with Crippen molar-refractivity contribution >= 4 is 17.3 Å². The Morgan fingerprint density at radius 3 is 2.30 bits per heavy atom. The van der Waals surface area contributed by atoms with Crippen molar-refractivity contribution in [2.45, 2.75) is 39.0 Å². The number of rotatable bonds is 4. The molecule has 1 rings (SSSR count). The largest absolute Gasteiger partial charge is 0.416 e. The predicted octanol–water partition coefficient (Wildman–Crippen LogP) is 2.61. The second-order valence-corrected chi connectivity index (χ2v) is 4.83. The van der Waals surface area contributed by atoms with E-state index in [0.29, 0.717) is 5.69 Å². The molecule has 0 spiro atoms. The lowest BCUT2D eigenvalue weighted by molar-refractivity contribution is -0.137. The van der Waals surface area contributed by atoms with Crippen LogP contribution in [0.15, 0.2) is 18.2 Å². The molecule has 0 aliphatic heterocycles. The second kappa shape index (κ2) is 6.02. The highest BCUT2D eigenvalue weighted by Gasteiger charge is 2.30. The first-order valence-corrected chi connectivity index (χ1v) is 6.15. The van der Waals surface area contributed by atoms with E-state index in [1.165, 1.54) is 6.07 Å². The van der Waals surface area contributed by atoms with Crippen molar-refractivity contribution in [1.29, 1.82) is 0 Å². The van der Waals surface area contributed by atoms with Crippen molar-refractivity contribution in [2.24, 2.45) is 0 Å². The molecule has 1 unspecified atom stereocenters. The van der Waals surface area contributed by atoms with Crippen molar-refractivity contribution in [3.8, 4) is 0 Å². The van der Waals surface area contributed by atoms with Crippen LogP contribution in [0.3, 0.4) is 0 Å². The molecule has 0 bridgehead atoms. The van der Waals surface area contributed by atoms with Gasteiger partial charge < -0.3 is 16.4 Å². The molecule has 1 aromatic rings. The van der Waals surface area contributed by atoms with Gasteiger partial charge in [0, 0.05) is 6.04 Å². The lowest BCUT2D eigenvalue weighted by atomic mass is 10.1. The number of benzene rings is 1. The van der Waals surface area contributed by atoms with Crippen LogP contribution in [0.2, 0.25) is 0 Å². The number of nitrogens with two attached hydrogens (primary N) is 1. The molecule has 0 radical (unpaired) electrons. The third-order valence-corrected chi connectivity index (χ3v) is 2.58. The van der Waals surface area contributed by atoms with Crippen LogP contribution in [0.25, 0.3) is 0 Å². The Kier molecular flexibility index (Phi) is 4.86. The molecule has 0 heterocycles. The van der Waals surface area contributed by atoms with Crippen LogP contribution in [-0.2, 0) is 11.0 Å². The minimum absolute atomic E-state index is 0.0169. The molecule has 112 valence electrons. The highest BCUT2D eigenvalue weighted by atomic mass is 19.4. The Balaban J connectivity index is 2.81. The van der Waals surface area contributed by atoms with Crippen LogP contribution >= 0.6 is 0 Å². The van der Waals surface area contributed by atoms with E-state index >= 15 is 0 Å². The first-order chi connectivity index (χ1) is 9.11. The number of alkyl halides is 3. The van der Waals surface area contributed by atoms with Gasteiger partial charge in [0.05, 0.1) is 16.9 Å². The molecule has 0 aliphatic carbocycles. The van der Waals surface area contributed by atoms with E-state index in [1.807, 2.05) is 13.8 Å². The number of nitrogens with one attached hydrogen (secondary N) is 2. The number of hydrogen-bond acceptors (Lipinski definition) is 3. The number of anilines is 2. The average Bonchev–Trinajstić information content (AvgIpc) is 2.29. The second-order valence-electron chi connectivity index (χ2n) is 4.83. The predicted molar refractivity (Wildman–Crippen MR) is 72.2 cm³/mol. The Labute approximate surface area is 115 Å². The van der Waals surface area contributed by atoms with Gasteiger partial charge in [-0.15, -0.1) is 0 Å². The fourth-order valence-electron chi connectivity index (χ4n) is 1.58. The monoisotopic (exact) mass is 289 g/mol. The van der Waals surface area contributed by atoms with Gasteiger partial charge in [-0.1, -0.05) is 0 Å². The standard InChI is InChI=1S/C13H18F3N3O/c1-7(2)18-12(20)8(3)19-11-5-4-9(6-10(11)17)13(14,15)16/h4-8,19H,17H2,1-3H3,(H,18,20). The molecular formula is C13H18F3N3O. The zero-order valence-electron chi connectivity index (χ0n) is 11.5. The minimum atomic E-state index is -4.44. The summed E-state index contributed by atoms with van der Waals surface area (Å²) in [4.78, 5) is 11.7. The van der Waals surface area contributed by atoms with E-state index in [4.69, 9.17) is 5.73 Å². The normalized spacial score (nSPS) is 13.2. The summed E-state index contributed by atoms with van der Waals surface area (Å²) in [5.41, 5.74) is 5.00. The smallest absolute Gasteiger partial charge is 0.397 e. The number of carbonyl (C=O) groups excluding carboxylic acids is 1. The molecular weight excluding hydrogens is 271 g/mol. The van der Waals surface area contributed by atoms with Crippen LogP contribution in [0.5, 0.6) is 0 Å². The molecule has 1 amide bonds. The van der Waals surface area contributed by atoms with E-state index < -0.39 is 17.8 Å². The van der Waals surface area contributed by atoms with Crippen LogP contribution in [0.1, 0.15) is 26.3 Å². The Morgan fingerprint density at radius 2 is 1.85 bits per heavy atom. The van der Waals surface area contributed by atoms with E-state index in [0.717, 1.165) is 12.1 Å². The highest BCUT2D eigenvalue weighted by Crippen LogP contribution is 2.32. The summed E-state index contributed by atoms with van der Waals surface area (Å²) in [5, 5.41) is 5.49. The molecule has 0 aliphatic rings. The zero-order chi connectivity index (χ0) is 15.5. The van der Waals surface area contributed by atoms with E-state index in [-0.39, 0.29) is 17.6 Å². The maximum Gasteiger partial charge on any atom is 0.416 e. The molecule has 4 N–H and O–H groups in total. The van der Waals surface area contributed by atoms with Crippen LogP contribution in [0.4, 0.5) is 24.5 Å². The van der Waals surface area contributed by atoms with Gasteiger partial charge in [0.2, 0.25) is 5.91 Å². The van der Waals surface area contributed by atoms with Gasteiger partial charge in [-0.25, -0.2) is 0 Å². The van der Waals surface area contributed by atoms with Crippen molar-refractivity contribution < 1.29 is 18.0 Å². The van der Waals surface area contributed by atoms with Gasteiger partial charge in [0.25, 0.3) is 0 Å². The maximum absolute atomic E-state index is 12.5. The third-order valence-electron chi connectivity index (χ3n) is 2.58. The Bertz CT molecular complexity index is 486. The van der Waals surface area contributed by atoms with Gasteiger partial charge in [-0.05, 0) is 39.0 Å². The van der Waals surface area contributed by atoms with Gasteiger partial charge in [0.1, 0.15) is 6.04 Å². The number of halogens is 3. The maximum atomic E-state index is 12.5. The molecule has 1 aromatic carbocycles. The van der Waals surface area contributed by atoms with E-state index in [2.05, 4.69) is 10.6 Å². The van der Waals surface area contributed by atoms with E-state index in [1.54, 1.807) is 6.92 Å². The van der Waals surface area contributed by atoms with Crippen LogP contribution < -0.4 is 16.4 Å². The van der Waals surface area contributed by atoms with Gasteiger partial charge in [-0.2, -0.15) is 13.2 Å². The quantitative estimate of drug-likeness (QED) is 0.746. The van der Waals surface area contributed by atoms with Crippen molar-refractivity contribution in [2.75, 3.05) is 11.1 Å². The molecule has 0 aromatic heterocycles. The first kappa shape index (κ1) is 16.1. The fraction of sp³-hybridized carbons (Fsp3) is 0.462. The SMILES string of the molecule is CC(C)NC(=O)C(C)Nc1ccc(C(F)(F)F)cc1N. The van der Waals surface area contributed by atoms with Gasteiger partial charge in [0.15, 0.2) is 0 Å². The van der Waals surface area contributed by atoms with Crippen molar-refractivity contribution in [3.05, 3.63) is 23.8 Å². The van der Waals surface area contributed by atoms with Crippen molar-refractivity contribution in [3.63, 3.8) is 0 Å². The Hall–Kier alpha value is -1.92. The topological polar surface area (TPSA) is 67.2 Å². The molecule has 4 nitrogen and oxygen atoms in total. The van der Waals surface area contributed by atoms with Crippen molar-refractivity contribution in [1.82, 2.24) is 5.32 Å². The first-order valence-electron chi connectivity index (χ1n) is 6.15. The molecule has 0 fully saturated rings. The summed E-state index contributed by atoms with van der Waals surface area (Å²) in [7, 11) is 0. The summed E-state index contributed by atoms with van der Waals surface area (Å²) in [5.74, 6) is -0.251. The summed E-state index contributed by atoms with van der Waals surface area (Å²) in [6.07, 6.45) is -4.44. The van der Waals surface area contributed by atoms with Crippen LogP contribution in [0, 0.1) is 0 Å². The minimum Gasteiger partial charge on any atom is -0.397 e. The fourth-order valence-corrected chi connectivity index (χ4v) is 1.58. The molecule has 20 heavy (non-hydrogen) atoms. The van der Waals surface area contributed by atoms with E-state index in [9.17, 15) is 18.0 Å². The number of hydrogen-bond donors (Lipinski definition) is 3. The number of nitrogen functional groups attached to an aromatic ring is 1. The summed E-state index contributed by atoms with van der Waals surface area (Å²) in [6, 6.07) is 2.37. The summed E-state index contributed by atoms with van der Waals surface area (Å²) in [6.45, 7) is 5.24.